The molecule has 0 amide bonds. The fraction of sp³-hybridized carbons (Fsp3) is 0.773. The molecule has 12 nitrogen and oxygen atoms in total. The molecule has 12 heteroatoms. The zero-order valence-corrected chi connectivity index (χ0v) is 19.4. The van der Waals surface area contributed by atoms with Crippen LogP contribution < -0.4 is 0 Å². The van der Waals surface area contributed by atoms with Crippen molar-refractivity contribution in [3.8, 4) is 0 Å². The number of hydrogen-bond donors (Lipinski definition) is 7. The van der Waals surface area contributed by atoms with Gasteiger partial charge in [0.25, 0.3) is 0 Å². The highest BCUT2D eigenvalue weighted by Crippen LogP contribution is 2.26. The number of aliphatic hydroxyl groups is 7. The van der Waals surface area contributed by atoms with Gasteiger partial charge in [0.15, 0.2) is 6.29 Å². The Kier molecular flexibility index (Phi) is 11.0. The Bertz CT molecular complexity index is 719. The van der Waals surface area contributed by atoms with Gasteiger partial charge in [-0.05, 0) is 33.6 Å². The van der Waals surface area contributed by atoms with Crippen LogP contribution in [0, 0.1) is 0 Å². The minimum absolute atomic E-state index is 0.515. The molecule has 196 valence electrons. The van der Waals surface area contributed by atoms with E-state index in [9.17, 15) is 40.5 Å². The lowest BCUT2D eigenvalue weighted by Gasteiger charge is -2.42. The summed E-state index contributed by atoms with van der Waals surface area (Å²) in [5.41, 5.74) is 1.88. The maximum absolute atomic E-state index is 12.2. The van der Waals surface area contributed by atoms with Gasteiger partial charge < -0.3 is 54.7 Å². The number of ether oxygens (including phenoxy) is 4. The third kappa shape index (κ3) is 7.52. The van der Waals surface area contributed by atoms with Crippen LogP contribution in [0.15, 0.2) is 23.3 Å². The molecular formula is C22H36O12. The van der Waals surface area contributed by atoms with Crippen LogP contribution in [0.25, 0.3) is 0 Å². The smallest absolute Gasteiger partial charge is 0.333 e. The van der Waals surface area contributed by atoms with Gasteiger partial charge in [0.2, 0.25) is 6.29 Å². The van der Waals surface area contributed by atoms with Crippen LogP contribution in [-0.4, -0.2) is 116 Å². The summed E-state index contributed by atoms with van der Waals surface area (Å²) in [4.78, 5) is 12.2. The summed E-state index contributed by atoms with van der Waals surface area (Å²) in [6.07, 6.45) is -11.0. The lowest BCUT2D eigenvalue weighted by atomic mass is 9.98. The first kappa shape index (κ1) is 28.8. The molecule has 2 aliphatic rings. The Morgan fingerprint density at radius 3 is 1.97 bits per heavy atom. The van der Waals surface area contributed by atoms with E-state index in [0.717, 1.165) is 17.6 Å². The minimum Gasteiger partial charge on any atom is -0.430 e. The van der Waals surface area contributed by atoms with Gasteiger partial charge >= 0.3 is 5.97 Å². The van der Waals surface area contributed by atoms with Gasteiger partial charge in [-0.25, -0.2) is 4.79 Å². The van der Waals surface area contributed by atoms with E-state index in [2.05, 4.69) is 0 Å². The molecule has 0 saturated carbocycles. The van der Waals surface area contributed by atoms with E-state index < -0.39 is 80.6 Å². The molecule has 2 fully saturated rings. The molecule has 2 rings (SSSR count). The highest BCUT2D eigenvalue weighted by atomic mass is 16.7. The van der Waals surface area contributed by atoms with Gasteiger partial charge in [0, 0.05) is 6.08 Å². The molecule has 2 saturated heterocycles. The monoisotopic (exact) mass is 492 g/mol. The van der Waals surface area contributed by atoms with E-state index in [4.69, 9.17) is 18.9 Å². The zero-order chi connectivity index (χ0) is 25.6. The van der Waals surface area contributed by atoms with Crippen LogP contribution in [0.3, 0.4) is 0 Å². The predicted molar refractivity (Wildman–Crippen MR) is 115 cm³/mol. The molecule has 0 spiro atoms. The van der Waals surface area contributed by atoms with Crippen molar-refractivity contribution in [2.24, 2.45) is 0 Å². The van der Waals surface area contributed by atoms with Crippen LogP contribution in [0.2, 0.25) is 0 Å². The average molecular weight is 493 g/mol. The van der Waals surface area contributed by atoms with Gasteiger partial charge in [-0.15, -0.1) is 0 Å². The fourth-order valence-electron chi connectivity index (χ4n) is 3.56. The molecule has 0 radical (unpaired) electrons. The Hall–Kier alpha value is -1.45. The van der Waals surface area contributed by atoms with E-state index in [1.807, 2.05) is 19.9 Å². The van der Waals surface area contributed by atoms with Gasteiger partial charge in [-0.2, -0.15) is 0 Å². The molecule has 2 heterocycles. The van der Waals surface area contributed by atoms with E-state index in [1.165, 1.54) is 6.08 Å². The van der Waals surface area contributed by atoms with Crippen molar-refractivity contribution in [2.75, 3.05) is 13.2 Å². The van der Waals surface area contributed by atoms with Crippen LogP contribution in [-0.2, 0) is 23.7 Å². The second-order valence-electron chi connectivity index (χ2n) is 8.79. The van der Waals surface area contributed by atoms with Crippen molar-refractivity contribution in [1.82, 2.24) is 0 Å². The summed E-state index contributed by atoms with van der Waals surface area (Å²) in [5.74, 6) is -0.809. The third-order valence-electron chi connectivity index (χ3n) is 5.63. The van der Waals surface area contributed by atoms with Crippen molar-refractivity contribution in [1.29, 1.82) is 0 Å². The number of rotatable bonds is 9. The maximum Gasteiger partial charge on any atom is 0.333 e. The Morgan fingerprint density at radius 2 is 1.38 bits per heavy atom. The fourth-order valence-corrected chi connectivity index (χ4v) is 3.56. The number of allylic oxidation sites excluding steroid dienone is 3. The molecule has 0 aromatic heterocycles. The standard InChI is InChI=1S/C22H36O12/c1-10(2)5-4-6-11(3)7-14(24)34-22-20(30)18(28)16(26)13(33-22)9-31-21-19(29)17(27)15(25)12(8-23)32-21/h5,7,12-13,15-23,25-30H,4,6,8-9H2,1-3H3. The van der Waals surface area contributed by atoms with E-state index in [0.29, 0.717) is 6.42 Å². The van der Waals surface area contributed by atoms with E-state index in [1.54, 1.807) is 6.92 Å². The van der Waals surface area contributed by atoms with Gasteiger partial charge in [-0.3, -0.25) is 0 Å². The Labute approximate surface area is 197 Å². The maximum atomic E-state index is 12.2. The van der Waals surface area contributed by atoms with Crippen molar-refractivity contribution >= 4 is 5.97 Å². The molecule has 34 heavy (non-hydrogen) atoms. The second-order valence-corrected chi connectivity index (χ2v) is 8.79. The number of carbonyl (C=O) groups is 1. The lowest BCUT2D eigenvalue weighted by molar-refractivity contribution is -0.326. The molecule has 10 unspecified atom stereocenters. The Balaban J connectivity index is 1.97. The second kappa shape index (κ2) is 13.0. The van der Waals surface area contributed by atoms with Crippen LogP contribution in [0.5, 0.6) is 0 Å². The van der Waals surface area contributed by atoms with E-state index in [-0.39, 0.29) is 0 Å². The zero-order valence-electron chi connectivity index (χ0n) is 19.4. The molecule has 0 bridgehead atoms. The molecule has 0 aromatic rings. The summed E-state index contributed by atoms with van der Waals surface area (Å²) in [6, 6.07) is 0. The summed E-state index contributed by atoms with van der Waals surface area (Å²) in [7, 11) is 0. The highest BCUT2D eigenvalue weighted by molar-refractivity contribution is 5.82. The molecule has 7 N–H and O–H groups in total. The first-order valence-corrected chi connectivity index (χ1v) is 11.1. The first-order valence-electron chi connectivity index (χ1n) is 11.1. The van der Waals surface area contributed by atoms with Crippen LogP contribution >= 0.6 is 0 Å². The number of hydrogen-bond acceptors (Lipinski definition) is 12. The highest BCUT2D eigenvalue weighted by Gasteiger charge is 2.48. The lowest BCUT2D eigenvalue weighted by Crippen LogP contribution is -2.61. The van der Waals surface area contributed by atoms with Crippen LogP contribution in [0.4, 0.5) is 0 Å². The van der Waals surface area contributed by atoms with Crippen LogP contribution in [0.1, 0.15) is 33.6 Å². The molecular weight excluding hydrogens is 456 g/mol. The number of carbonyl (C=O) groups excluding carboxylic acids is 1. The van der Waals surface area contributed by atoms with Gasteiger partial charge in [0.1, 0.15) is 48.8 Å². The third-order valence-corrected chi connectivity index (χ3v) is 5.63. The largest absolute Gasteiger partial charge is 0.430 e. The van der Waals surface area contributed by atoms with Crippen molar-refractivity contribution in [3.63, 3.8) is 0 Å². The average Bonchev–Trinajstić information content (AvgIpc) is 2.77. The quantitative estimate of drug-likeness (QED) is 0.105. The Morgan fingerprint density at radius 1 is 0.824 bits per heavy atom. The number of aliphatic hydroxyl groups excluding tert-OH is 7. The summed E-state index contributed by atoms with van der Waals surface area (Å²) >= 11 is 0. The minimum atomic E-state index is -1.74. The number of esters is 1. The summed E-state index contributed by atoms with van der Waals surface area (Å²) in [5, 5.41) is 69.5. The van der Waals surface area contributed by atoms with E-state index >= 15 is 0 Å². The molecule has 10 atom stereocenters. The molecule has 2 aliphatic heterocycles. The summed E-state index contributed by atoms with van der Waals surface area (Å²) in [6.45, 7) is 4.50. The van der Waals surface area contributed by atoms with Crippen molar-refractivity contribution in [3.05, 3.63) is 23.3 Å². The van der Waals surface area contributed by atoms with Gasteiger partial charge in [0.05, 0.1) is 13.2 Å². The first-order chi connectivity index (χ1) is 16.0. The SMILES string of the molecule is CC(C)=CCCC(C)=CC(=O)OC1OC(COC2OC(CO)C(O)C(O)C2O)C(O)C(O)C1O. The normalized spacial score (nSPS) is 38.9. The molecule has 0 aromatic carbocycles. The molecule has 0 aliphatic carbocycles. The predicted octanol–water partition coefficient (Wildman–Crippen LogP) is -2.15. The van der Waals surface area contributed by atoms with Crippen molar-refractivity contribution < 1.29 is 59.5 Å². The van der Waals surface area contributed by atoms with Gasteiger partial charge in [-0.1, -0.05) is 17.2 Å². The summed E-state index contributed by atoms with van der Waals surface area (Å²) < 4.78 is 21.1. The van der Waals surface area contributed by atoms with Crippen molar-refractivity contribution in [2.45, 2.75) is 95.0 Å². The topological polar surface area (TPSA) is 196 Å².